The van der Waals surface area contributed by atoms with E-state index >= 15 is 0 Å². The normalized spacial score (nSPS) is 12.5. The number of hydrogen-bond acceptors (Lipinski definition) is 5. The minimum absolute atomic E-state index is 0.0141. The Balaban J connectivity index is 1.39. The van der Waals surface area contributed by atoms with Gasteiger partial charge in [-0.2, -0.15) is 0 Å². The highest BCUT2D eigenvalue weighted by atomic mass is 16.5. The topological polar surface area (TPSA) is 110 Å². The number of nitrogens with zero attached hydrogens (tertiary/aromatic N) is 2. The number of aromatic nitrogens is 1. The zero-order valence-electron chi connectivity index (χ0n) is 18.1. The number of anilines is 3. The van der Waals surface area contributed by atoms with E-state index in [9.17, 15) is 19.2 Å². The third-order valence-corrected chi connectivity index (χ3v) is 5.18. The van der Waals surface area contributed by atoms with E-state index < -0.39 is 0 Å². The van der Waals surface area contributed by atoms with E-state index in [1.54, 1.807) is 61.8 Å². The molecule has 1 aliphatic heterocycles. The largest absolute Gasteiger partial charge is 0.482 e. The molecule has 0 fully saturated rings. The van der Waals surface area contributed by atoms with Gasteiger partial charge in [0.25, 0.3) is 17.4 Å². The van der Waals surface area contributed by atoms with Gasteiger partial charge in [0.2, 0.25) is 5.91 Å². The van der Waals surface area contributed by atoms with Crippen molar-refractivity contribution in [1.82, 2.24) is 4.57 Å². The van der Waals surface area contributed by atoms with Gasteiger partial charge < -0.3 is 24.8 Å². The highest BCUT2D eigenvalue weighted by molar-refractivity contribution is 6.05. The number of amides is 3. The third-order valence-electron chi connectivity index (χ3n) is 5.18. The van der Waals surface area contributed by atoms with Crippen molar-refractivity contribution in [1.29, 1.82) is 0 Å². The van der Waals surface area contributed by atoms with Crippen LogP contribution in [0.5, 0.6) is 5.75 Å². The SMILES string of the molecule is Cc1ccc(=O)n(CC(=O)Nc2ccc(C(=O)Nc3ccc4c(c3)N(C)C(=O)CO4)cc2)c1. The number of likely N-dealkylation sites (N-methyl/N-ethyl adjacent to an activating group) is 1. The summed E-state index contributed by atoms with van der Waals surface area (Å²) in [5.41, 5.74) is 2.61. The van der Waals surface area contributed by atoms with Crippen LogP contribution < -0.4 is 25.8 Å². The highest BCUT2D eigenvalue weighted by Crippen LogP contribution is 2.33. The van der Waals surface area contributed by atoms with Crippen molar-refractivity contribution in [2.45, 2.75) is 13.5 Å². The van der Waals surface area contributed by atoms with Crippen molar-refractivity contribution < 1.29 is 19.1 Å². The summed E-state index contributed by atoms with van der Waals surface area (Å²) in [6.07, 6.45) is 1.62. The van der Waals surface area contributed by atoms with Gasteiger partial charge in [0.1, 0.15) is 12.3 Å². The Morgan fingerprint density at radius 2 is 1.70 bits per heavy atom. The molecule has 4 rings (SSSR count). The standard InChI is InChI=1S/C24H22N4O5/c1-15-3-10-22(30)28(12-15)13-21(29)25-17-6-4-16(5-7-17)24(32)26-18-8-9-20-19(11-18)27(2)23(31)14-33-20/h3-12H,13-14H2,1-2H3,(H,25,29)(H,26,32). The molecule has 2 heterocycles. The van der Waals surface area contributed by atoms with Crippen LogP contribution in [-0.2, 0) is 16.1 Å². The van der Waals surface area contributed by atoms with E-state index in [1.165, 1.54) is 15.5 Å². The van der Waals surface area contributed by atoms with Crippen molar-refractivity contribution in [3.05, 3.63) is 82.3 Å². The molecule has 0 saturated heterocycles. The summed E-state index contributed by atoms with van der Waals surface area (Å²) < 4.78 is 6.72. The molecule has 2 N–H and O–H groups in total. The summed E-state index contributed by atoms with van der Waals surface area (Å²) in [7, 11) is 1.65. The summed E-state index contributed by atoms with van der Waals surface area (Å²) in [6.45, 7) is 1.72. The van der Waals surface area contributed by atoms with Crippen molar-refractivity contribution in [3.63, 3.8) is 0 Å². The van der Waals surface area contributed by atoms with Gasteiger partial charge in [-0.3, -0.25) is 19.2 Å². The molecule has 0 aliphatic carbocycles. The molecule has 0 bridgehead atoms. The first-order valence-corrected chi connectivity index (χ1v) is 10.2. The van der Waals surface area contributed by atoms with Crippen LogP contribution in [0.4, 0.5) is 17.1 Å². The number of carbonyl (C=O) groups is 3. The first-order chi connectivity index (χ1) is 15.8. The van der Waals surface area contributed by atoms with Gasteiger partial charge in [-0.05, 0) is 55.0 Å². The van der Waals surface area contributed by atoms with E-state index in [-0.39, 0.29) is 36.4 Å². The maximum atomic E-state index is 12.6. The van der Waals surface area contributed by atoms with Crippen LogP contribution in [-0.4, -0.2) is 35.9 Å². The Kier molecular flexibility index (Phi) is 5.95. The molecule has 168 valence electrons. The molecule has 9 nitrogen and oxygen atoms in total. The molecule has 3 amide bonds. The predicted molar refractivity (Wildman–Crippen MR) is 124 cm³/mol. The second kappa shape index (κ2) is 8.99. The number of aryl methyl sites for hydroxylation is 1. The third kappa shape index (κ3) is 4.93. The van der Waals surface area contributed by atoms with Gasteiger partial charge in [0, 0.05) is 36.2 Å². The van der Waals surface area contributed by atoms with E-state index in [4.69, 9.17) is 4.74 Å². The van der Waals surface area contributed by atoms with Crippen molar-refractivity contribution in [2.24, 2.45) is 0 Å². The van der Waals surface area contributed by atoms with Crippen LogP contribution in [0.2, 0.25) is 0 Å². The van der Waals surface area contributed by atoms with Crippen LogP contribution in [0.15, 0.2) is 65.6 Å². The van der Waals surface area contributed by atoms with Crippen molar-refractivity contribution in [2.75, 3.05) is 29.2 Å². The Bertz CT molecular complexity index is 1300. The average molecular weight is 446 g/mol. The Morgan fingerprint density at radius 3 is 2.45 bits per heavy atom. The lowest BCUT2D eigenvalue weighted by atomic mass is 10.1. The summed E-state index contributed by atoms with van der Waals surface area (Å²) in [6, 6.07) is 14.6. The van der Waals surface area contributed by atoms with Crippen molar-refractivity contribution in [3.8, 4) is 5.75 Å². The van der Waals surface area contributed by atoms with Crippen LogP contribution in [0, 0.1) is 6.92 Å². The van der Waals surface area contributed by atoms with Gasteiger partial charge in [0.05, 0.1) is 5.69 Å². The van der Waals surface area contributed by atoms with Crippen molar-refractivity contribution >= 4 is 34.8 Å². The molecule has 33 heavy (non-hydrogen) atoms. The number of fused-ring (bicyclic) bond motifs is 1. The lowest BCUT2D eigenvalue weighted by Crippen LogP contribution is -2.35. The molecule has 0 radical (unpaired) electrons. The predicted octanol–water partition coefficient (Wildman–Crippen LogP) is 2.40. The lowest BCUT2D eigenvalue weighted by Gasteiger charge is -2.26. The van der Waals surface area contributed by atoms with Gasteiger partial charge >= 0.3 is 0 Å². The number of nitrogens with one attached hydrogen (secondary N) is 2. The first-order valence-electron chi connectivity index (χ1n) is 10.2. The molecule has 1 aromatic heterocycles. The van der Waals surface area contributed by atoms with E-state index in [2.05, 4.69) is 10.6 Å². The quantitative estimate of drug-likeness (QED) is 0.626. The van der Waals surface area contributed by atoms with Crippen LogP contribution >= 0.6 is 0 Å². The van der Waals surface area contributed by atoms with Crippen LogP contribution in [0.25, 0.3) is 0 Å². The second-order valence-corrected chi connectivity index (χ2v) is 7.68. The van der Waals surface area contributed by atoms with Crippen LogP contribution in [0.3, 0.4) is 0 Å². The summed E-state index contributed by atoms with van der Waals surface area (Å²) in [5, 5.41) is 5.50. The molecule has 3 aromatic rings. The number of rotatable bonds is 5. The van der Waals surface area contributed by atoms with Gasteiger partial charge in [-0.15, -0.1) is 0 Å². The van der Waals surface area contributed by atoms with E-state index in [0.717, 1.165) is 5.56 Å². The molecule has 0 spiro atoms. The Hall–Kier alpha value is -4.40. The van der Waals surface area contributed by atoms with Gasteiger partial charge in [0.15, 0.2) is 6.61 Å². The molecule has 0 atom stereocenters. The number of pyridine rings is 1. The minimum Gasteiger partial charge on any atom is -0.482 e. The fourth-order valence-electron chi connectivity index (χ4n) is 3.39. The Morgan fingerprint density at radius 1 is 0.970 bits per heavy atom. The minimum atomic E-state index is -0.352. The zero-order valence-corrected chi connectivity index (χ0v) is 18.1. The molecule has 0 saturated carbocycles. The van der Waals surface area contributed by atoms with Crippen LogP contribution in [0.1, 0.15) is 15.9 Å². The highest BCUT2D eigenvalue weighted by Gasteiger charge is 2.22. The number of hydrogen-bond donors (Lipinski definition) is 2. The summed E-state index contributed by atoms with van der Waals surface area (Å²) in [5.74, 6) is -0.293. The maximum Gasteiger partial charge on any atom is 0.264 e. The average Bonchev–Trinajstić information content (AvgIpc) is 2.79. The lowest BCUT2D eigenvalue weighted by molar-refractivity contribution is -0.121. The van der Waals surface area contributed by atoms with Gasteiger partial charge in [-0.25, -0.2) is 0 Å². The van der Waals surface area contributed by atoms with E-state index in [0.29, 0.717) is 28.4 Å². The fraction of sp³-hybridized carbons (Fsp3) is 0.167. The van der Waals surface area contributed by atoms with Gasteiger partial charge in [-0.1, -0.05) is 6.07 Å². The summed E-state index contributed by atoms with van der Waals surface area (Å²) >= 11 is 0. The molecular formula is C24H22N4O5. The first kappa shape index (κ1) is 21.8. The Labute approximate surface area is 189 Å². The molecule has 9 heteroatoms. The second-order valence-electron chi connectivity index (χ2n) is 7.68. The molecular weight excluding hydrogens is 424 g/mol. The summed E-state index contributed by atoms with van der Waals surface area (Å²) in [4.78, 5) is 50.1. The number of benzene rings is 2. The number of carbonyl (C=O) groups excluding carboxylic acids is 3. The maximum absolute atomic E-state index is 12.6. The number of ether oxygens (including phenoxy) is 1. The molecule has 2 aromatic carbocycles. The van der Waals surface area contributed by atoms with E-state index in [1.807, 2.05) is 6.92 Å². The smallest absolute Gasteiger partial charge is 0.264 e. The molecule has 1 aliphatic rings. The zero-order chi connectivity index (χ0) is 23.5. The monoisotopic (exact) mass is 446 g/mol. The molecule has 0 unspecified atom stereocenters. The fourth-order valence-corrected chi connectivity index (χ4v) is 3.39.